The van der Waals surface area contributed by atoms with Crippen LogP contribution in [0.2, 0.25) is 0 Å². The van der Waals surface area contributed by atoms with E-state index in [4.69, 9.17) is 4.42 Å². The van der Waals surface area contributed by atoms with Gasteiger partial charge < -0.3 is 14.8 Å². The number of benzene rings is 1. The van der Waals surface area contributed by atoms with Crippen molar-refractivity contribution in [2.24, 2.45) is 0 Å². The third-order valence-electron chi connectivity index (χ3n) is 4.22. The molecule has 0 saturated carbocycles. The van der Waals surface area contributed by atoms with Crippen molar-refractivity contribution < 1.29 is 14.3 Å². The standard InChI is InChI=1S/C18H22N2O3S/c1-12(2)15-11-19-16(23-15)13-3-5-14(6-4-13)20-17(21)18(22)7-9-24-10-8-18/h3-6,11-12,22H,7-10H2,1-2H3,(H,20,21). The number of carbonyl (C=O) groups is 1. The third kappa shape index (κ3) is 3.65. The summed E-state index contributed by atoms with van der Waals surface area (Å²) in [5.74, 6) is 3.00. The second-order valence-electron chi connectivity index (χ2n) is 6.40. The fourth-order valence-electron chi connectivity index (χ4n) is 2.57. The van der Waals surface area contributed by atoms with Crippen LogP contribution in [0.4, 0.5) is 5.69 Å². The molecule has 1 aromatic heterocycles. The molecule has 1 saturated heterocycles. The van der Waals surface area contributed by atoms with Gasteiger partial charge in [0.05, 0.1) is 6.20 Å². The van der Waals surface area contributed by atoms with Crippen LogP contribution in [0.3, 0.4) is 0 Å². The average molecular weight is 346 g/mol. The zero-order valence-electron chi connectivity index (χ0n) is 13.9. The van der Waals surface area contributed by atoms with Crippen molar-refractivity contribution in [3.8, 4) is 11.5 Å². The minimum Gasteiger partial charge on any atom is -0.441 e. The fourth-order valence-corrected chi connectivity index (χ4v) is 3.73. The highest BCUT2D eigenvalue weighted by Gasteiger charge is 2.37. The summed E-state index contributed by atoms with van der Waals surface area (Å²) in [5, 5.41) is 13.2. The van der Waals surface area contributed by atoms with Crippen LogP contribution in [0, 0.1) is 0 Å². The summed E-state index contributed by atoms with van der Waals surface area (Å²) >= 11 is 1.77. The van der Waals surface area contributed by atoms with E-state index in [0.717, 1.165) is 22.8 Å². The smallest absolute Gasteiger partial charge is 0.256 e. The Morgan fingerprint density at radius 3 is 2.54 bits per heavy atom. The van der Waals surface area contributed by atoms with Crippen LogP contribution in [0.15, 0.2) is 34.9 Å². The van der Waals surface area contributed by atoms with Gasteiger partial charge in [-0.15, -0.1) is 0 Å². The number of anilines is 1. The summed E-state index contributed by atoms with van der Waals surface area (Å²) in [4.78, 5) is 16.6. The molecule has 2 aromatic rings. The number of hydrogen-bond acceptors (Lipinski definition) is 5. The Bertz CT molecular complexity index is 703. The first-order valence-electron chi connectivity index (χ1n) is 8.16. The molecule has 2 N–H and O–H groups in total. The fraction of sp³-hybridized carbons (Fsp3) is 0.444. The molecule has 3 rings (SSSR count). The predicted molar refractivity (Wildman–Crippen MR) is 96.2 cm³/mol. The maximum absolute atomic E-state index is 12.3. The maximum Gasteiger partial charge on any atom is 0.256 e. The number of nitrogens with zero attached hydrogens (tertiary/aromatic N) is 1. The molecule has 1 aliphatic rings. The summed E-state index contributed by atoms with van der Waals surface area (Å²) in [6.07, 6.45) is 2.73. The number of amides is 1. The molecule has 5 nitrogen and oxygen atoms in total. The quantitative estimate of drug-likeness (QED) is 0.883. The van der Waals surface area contributed by atoms with Gasteiger partial charge in [-0.3, -0.25) is 4.79 Å². The number of thioether (sulfide) groups is 1. The van der Waals surface area contributed by atoms with Gasteiger partial charge in [0, 0.05) is 17.2 Å². The molecule has 2 heterocycles. The van der Waals surface area contributed by atoms with Gasteiger partial charge in [0.25, 0.3) is 5.91 Å². The van der Waals surface area contributed by atoms with Gasteiger partial charge in [0.15, 0.2) is 0 Å². The van der Waals surface area contributed by atoms with Gasteiger partial charge in [-0.2, -0.15) is 11.8 Å². The van der Waals surface area contributed by atoms with Gasteiger partial charge >= 0.3 is 0 Å². The molecule has 0 spiro atoms. The average Bonchev–Trinajstić information content (AvgIpc) is 3.06. The lowest BCUT2D eigenvalue weighted by molar-refractivity contribution is -0.134. The van der Waals surface area contributed by atoms with Gasteiger partial charge in [0.2, 0.25) is 5.89 Å². The molecule has 1 aliphatic heterocycles. The summed E-state index contributed by atoms with van der Waals surface area (Å²) < 4.78 is 5.72. The van der Waals surface area contributed by atoms with Crippen molar-refractivity contribution in [3.05, 3.63) is 36.2 Å². The molecule has 1 fully saturated rings. The highest BCUT2D eigenvalue weighted by atomic mass is 32.2. The number of rotatable bonds is 4. The number of aromatic nitrogens is 1. The summed E-state index contributed by atoms with van der Waals surface area (Å²) in [5.41, 5.74) is 0.261. The van der Waals surface area contributed by atoms with Gasteiger partial charge in [-0.05, 0) is 48.6 Å². The predicted octanol–water partition coefficient (Wildman–Crippen LogP) is 3.66. The zero-order valence-corrected chi connectivity index (χ0v) is 14.7. The van der Waals surface area contributed by atoms with Crippen LogP contribution in [-0.2, 0) is 4.79 Å². The topological polar surface area (TPSA) is 75.4 Å². The molecule has 6 heteroatoms. The monoisotopic (exact) mass is 346 g/mol. The van der Waals surface area contributed by atoms with Crippen molar-refractivity contribution in [2.45, 2.75) is 38.2 Å². The van der Waals surface area contributed by atoms with Crippen LogP contribution in [0.5, 0.6) is 0 Å². The third-order valence-corrected chi connectivity index (χ3v) is 5.21. The first-order valence-corrected chi connectivity index (χ1v) is 9.31. The Labute approximate surface area is 145 Å². The number of hydrogen-bond donors (Lipinski definition) is 2. The molecule has 128 valence electrons. The number of oxazole rings is 1. The summed E-state index contributed by atoms with van der Waals surface area (Å²) in [6.45, 7) is 4.11. The zero-order chi connectivity index (χ0) is 17.2. The minimum atomic E-state index is -1.25. The summed E-state index contributed by atoms with van der Waals surface area (Å²) in [7, 11) is 0. The van der Waals surface area contributed by atoms with Crippen LogP contribution >= 0.6 is 11.8 Å². The second kappa shape index (κ2) is 6.99. The molecule has 0 aliphatic carbocycles. The highest BCUT2D eigenvalue weighted by molar-refractivity contribution is 7.99. The van der Waals surface area contributed by atoms with Crippen LogP contribution < -0.4 is 5.32 Å². The van der Waals surface area contributed by atoms with E-state index >= 15 is 0 Å². The highest BCUT2D eigenvalue weighted by Crippen LogP contribution is 2.29. The van der Waals surface area contributed by atoms with Gasteiger partial charge in [0.1, 0.15) is 11.4 Å². The Kier molecular flexibility index (Phi) is 4.96. The van der Waals surface area contributed by atoms with E-state index in [1.165, 1.54) is 0 Å². The number of carbonyl (C=O) groups excluding carboxylic acids is 1. The molecule has 0 radical (unpaired) electrons. The van der Waals surface area contributed by atoms with Crippen molar-refractivity contribution >= 4 is 23.4 Å². The largest absolute Gasteiger partial charge is 0.441 e. The van der Waals surface area contributed by atoms with Gasteiger partial charge in [-0.1, -0.05) is 13.8 Å². The SMILES string of the molecule is CC(C)c1cnc(-c2ccc(NC(=O)C3(O)CCSCC3)cc2)o1. The molecule has 0 atom stereocenters. The van der Waals surface area contributed by atoms with E-state index in [9.17, 15) is 9.90 Å². The second-order valence-corrected chi connectivity index (χ2v) is 7.62. The minimum absolute atomic E-state index is 0.291. The van der Waals surface area contributed by atoms with Crippen molar-refractivity contribution in [1.29, 1.82) is 0 Å². The molecule has 0 bridgehead atoms. The normalized spacial score (nSPS) is 17.0. The molecular formula is C18H22N2O3S. The Morgan fingerprint density at radius 2 is 1.96 bits per heavy atom. The first kappa shape index (κ1) is 17.0. The Morgan fingerprint density at radius 1 is 1.29 bits per heavy atom. The molecule has 1 aromatic carbocycles. The van der Waals surface area contributed by atoms with Crippen LogP contribution in [0.1, 0.15) is 38.4 Å². The number of nitrogens with one attached hydrogen (secondary N) is 1. The lowest BCUT2D eigenvalue weighted by Gasteiger charge is -2.30. The Hall–Kier alpha value is -1.79. The lowest BCUT2D eigenvalue weighted by atomic mass is 9.95. The van der Waals surface area contributed by atoms with E-state index in [-0.39, 0.29) is 5.91 Å². The first-order chi connectivity index (χ1) is 11.5. The van der Waals surface area contributed by atoms with E-state index < -0.39 is 5.60 Å². The van der Waals surface area contributed by atoms with E-state index in [0.29, 0.717) is 30.3 Å². The van der Waals surface area contributed by atoms with Crippen molar-refractivity contribution in [3.63, 3.8) is 0 Å². The maximum atomic E-state index is 12.3. The Balaban J connectivity index is 1.69. The summed E-state index contributed by atoms with van der Waals surface area (Å²) in [6, 6.07) is 7.31. The number of aliphatic hydroxyl groups is 1. The van der Waals surface area contributed by atoms with Crippen molar-refractivity contribution in [2.75, 3.05) is 16.8 Å². The van der Waals surface area contributed by atoms with Crippen LogP contribution in [0.25, 0.3) is 11.5 Å². The van der Waals surface area contributed by atoms with E-state index in [2.05, 4.69) is 24.1 Å². The van der Waals surface area contributed by atoms with Crippen LogP contribution in [-0.4, -0.2) is 33.1 Å². The molecule has 1 amide bonds. The molecule has 0 unspecified atom stereocenters. The van der Waals surface area contributed by atoms with Crippen molar-refractivity contribution in [1.82, 2.24) is 4.98 Å². The molecule has 24 heavy (non-hydrogen) atoms. The van der Waals surface area contributed by atoms with Gasteiger partial charge in [-0.25, -0.2) is 4.98 Å². The van der Waals surface area contributed by atoms with E-state index in [1.807, 2.05) is 12.1 Å². The lowest BCUT2D eigenvalue weighted by Crippen LogP contribution is -2.45. The molecular weight excluding hydrogens is 324 g/mol. The van der Waals surface area contributed by atoms with E-state index in [1.54, 1.807) is 30.1 Å².